The Balaban J connectivity index is 1.74. The number of nitrogens with zero attached hydrogens (tertiary/aromatic N) is 2. The maximum absolute atomic E-state index is 11.4. The monoisotopic (exact) mass is 250 g/mol. The van der Waals surface area contributed by atoms with Gasteiger partial charge in [-0.25, -0.2) is 0 Å². The minimum absolute atomic E-state index is 0.242. The highest BCUT2D eigenvalue weighted by Gasteiger charge is 2.32. The first-order chi connectivity index (χ1) is 8.74. The van der Waals surface area contributed by atoms with Crippen molar-refractivity contribution in [3.05, 3.63) is 11.7 Å². The van der Waals surface area contributed by atoms with Crippen LogP contribution >= 0.6 is 0 Å². The molecule has 18 heavy (non-hydrogen) atoms. The molecule has 98 valence electrons. The normalized spacial score (nSPS) is 32.9. The molecule has 1 aliphatic heterocycles. The van der Waals surface area contributed by atoms with Crippen molar-refractivity contribution in [3.8, 4) is 0 Å². The second-order valence-corrected chi connectivity index (χ2v) is 5.42. The van der Waals surface area contributed by atoms with Crippen LogP contribution in [0.15, 0.2) is 4.52 Å². The van der Waals surface area contributed by atoms with Gasteiger partial charge in [0.15, 0.2) is 5.82 Å². The van der Waals surface area contributed by atoms with Gasteiger partial charge in [-0.1, -0.05) is 12.1 Å². The first-order valence-electron chi connectivity index (χ1n) is 6.67. The van der Waals surface area contributed by atoms with Crippen molar-refractivity contribution in [1.29, 1.82) is 0 Å². The summed E-state index contributed by atoms with van der Waals surface area (Å²) in [4.78, 5) is 15.9. The Labute approximate surface area is 106 Å². The number of Topliss-reactive ketones (excluding diaryl/α,β-unsaturated/α-hetero) is 1. The third-order valence-electron chi connectivity index (χ3n) is 4.04. The zero-order valence-corrected chi connectivity index (χ0v) is 10.6. The van der Waals surface area contributed by atoms with E-state index >= 15 is 0 Å². The maximum Gasteiger partial charge on any atom is 0.230 e. The minimum Gasteiger partial charge on any atom is -0.381 e. The highest BCUT2D eigenvalue weighted by atomic mass is 16.5. The fourth-order valence-corrected chi connectivity index (χ4v) is 2.87. The van der Waals surface area contributed by atoms with Gasteiger partial charge in [0.25, 0.3) is 0 Å². The fraction of sp³-hybridized carbons (Fsp3) is 0.769. The van der Waals surface area contributed by atoms with Crippen molar-refractivity contribution >= 4 is 5.78 Å². The molecule has 2 heterocycles. The number of rotatable bonds is 2. The first kappa shape index (κ1) is 11.8. The summed E-state index contributed by atoms with van der Waals surface area (Å²) in [5.41, 5.74) is 0. The second kappa shape index (κ2) is 4.80. The van der Waals surface area contributed by atoms with Gasteiger partial charge in [-0.05, 0) is 18.8 Å². The van der Waals surface area contributed by atoms with Gasteiger partial charge in [0.05, 0.1) is 6.61 Å². The van der Waals surface area contributed by atoms with Crippen LogP contribution in [0.4, 0.5) is 0 Å². The molecule has 0 N–H and O–H groups in total. The van der Waals surface area contributed by atoms with E-state index in [-0.39, 0.29) is 11.8 Å². The lowest BCUT2D eigenvalue weighted by molar-refractivity contribution is -0.121. The molecule has 1 aromatic heterocycles. The smallest absolute Gasteiger partial charge is 0.230 e. The van der Waals surface area contributed by atoms with Crippen molar-refractivity contribution in [2.24, 2.45) is 5.92 Å². The van der Waals surface area contributed by atoms with Crippen LogP contribution in [0.5, 0.6) is 0 Å². The molecule has 0 spiro atoms. The van der Waals surface area contributed by atoms with Crippen molar-refractivity contribution in [2.45, 2.75) is 44.4 Å². The second-order valence-electron chi connectivity index (χ2n) is 5.42. The predicted octanol–water partition coefficient (Wildman–Crippen LogP) is 2.05. The van der Waals surface area contributed by atoms with E-state index < -0.39 is 0 Å². The molecule has 2 aliphatic rings. The van der Waals surface area contributed by atoms with Crippen molar-refractivity contribution in [2.75, 3.05) is 13.2 Å². The molecular formula is C13H18N2O3. The van der Waals surface area contributed by atoms with Crippen LogP contribution in [0.2, 0.25) is 0 Å². The third-order valence-corrected chi connectivity index (χ3v) is 4.04. The van der Waals surface area contributed by atoms with Crippen molar-refractivity contribution in [3.63, 3.8) is 0 Å². The summed E-state index contributed by atoms with van der Waals surface area (Å²) >= 11 is 0. The molecular weight excluding hydrogens is 232 g/mol. The summed E-state index contributed by atoms with van der Waals surface area (Å²) in [6, 6.07) is 0. The summed E-state index contributed by atoms with van der Waals surface area (Å²) in [6.07, 6.45) is 3.08. The summed E-state index contributed by atoms with van der Waals surface area (Å²) in [5, 5.41) is 4.08. The largest absolute Gasteiger partial charge is 0.381 e. The van der Waals surface area contributed by atoms with Crippen LogP contribution in [0, 0.1) is 5.92 Å². The highest BCUT2D eigenvalue weighted by molar-refractivity contribution is 5.79. The molecule has 0 bridgehead atoms. The maximum atomic E-state index is 11.4. The van der Waals surface area contributed by atoms with Gasteiger partial charge in [-0.3, -0.25) is 4.79 Å². The molecule has 2 fully saturated rings. The number of ether oxygens (including phenoxy) is 1. The molecule has 1 saturated carbocycles. The molecule has 1 aliphatic carbocycles. The Bertz CT molecular complexity index is 437. The van der Waals surface area contributed by atoms with Crippen LogP contribution < -0.4 is 0 Å². The molecule has 0 amide bonds. The average Bonchev–Trinajstić information content (AvgIpc) is 2.99. The van der Waals surface area contributed by atoms with Crippen LogP contribution in [-0.4, -0.2) is 29.1 Å². The minimum atomic E-state index is 0.242. The molecule has 1 aromatic rings. The summed E-state index contributed by atoms with van der Waals surface area (Å²) in [5.74, 6) is 2.65. The standard InChI is InChI=1S/C13H18N2O3/c1-8-6-10(16)2-3-11(8)13-14-12(15-18-13)9-4-5-17-7-9/h8-9,11H,2-7H2,1H3/t8-,9+,11+/m1/s1. The van der Waals surface area contributed by atoms with Gasteiger partial charge in [0.2, 0.25) is 5.89 Å². The van der Waals surface area contributed by atoms with Crippen LogP contribution in [0.1, 0.15) is 56.2 Å². The van der Waals surface area contributed by atoms with Crippen LogP contribution in [0.3, 0.4) is 0 Å². The lowest BCUT2D eigenvalue weighted by Crippen LogP contribution is -2.21. The van der Waals surface area contributed by atoms with Crippen molar-refractivity contribution < 1.29 is 14.1 Å². The number of hydrogen-bond donors (Lipinski definition) is 0. The molecule has 3 rings (SSSR count). The Hall–Kier alpha value is -1.23. The highest BCUT2D eigenvalue weighted by Crippen LogP contribution is 2.36. The summed E-state index contributed by atoms with van der Waals surface area (Å²) < 4.78 is 10.7. The number of carbonyl (C=O) groups excluding carboxylic acids is 1. The zero-order valence-electron chi connectivity index (χ0n) is 10.6. The van der Waals surface area contributed by atoms with Crippen molar-refractivity contribution in [1.82, 2.24) is 10.1 Å². The summed E-state index contributed by atoms with van der Waals surface area (Å²) in [6.45, 7) is 3.56. The quantitative estimate of drug-likeness (QED) is 0.803. The van der Waals surface area contributed by atoms with E-state index in [0.29, 0.717) is 37.0 Å². The summed E-state index contributed by atoms with van der Waals surface area (Å²) in [7, 11) is 0. The van der Waals surface area contributed by atoms with E-state index in [4.69, 9.17) is 9.26 Å². The van der Waals surface area contributed by atoms with E-state index in [1.807, 2.05) is 0 Å². The number of carbonyl (C=O) groups is 1. The topological polar surface area (TPSA) is 65.2 Å². The van der Waals surface area contributed by atoms with Gasteiger partial charge in [-0.15, -0.1) is 0 Å². The molecule has 0 aromatic carbocycles. The Morgan fingerprint density at radius 2 is 2.22 bits per heavy atom. The van der Waals surface area contributed by atoms with Gasteiger partial charge in [-0.2, -0.15) is 4.98 Å². The van der Waals surface area contributed by atoms with Gasteiger partial charge in [0.1, 0.15) is 5.78 Å². The molecule has 0 unspecified atom stereocenters. The van der Waals surface area contributed by atoms with Gasteiger partial charge >= 0.3 is 0 Å². The Kier molecular flexibility index (Phi) is 3.16. The fourth-order valence-electron chi connectivity index (χ4n) is 2.87. The van der Waals surface area contributed by atoms with E-state index in [1.165, 1.54) is 0 Å². The van der Waals surface area contributed by atoms with E-state index in [2.05, 4.69) is 17.1 Å². The Morgan fingerprint density at radius 1 is 1.33 bits per heavy atom. The SMILES string of the molecule is C[C@@H]1CC(=O)CC[C@@H]1c1nc([C@H]2CCOC2)no1. The predicted molar refractivity (Wildman–Crippen MR) is 63.2 cm³/mol. The average molecular weight is 250 g/mol. The van der Waals surface area contributed by atoms with Crippen LogP contribution in [0.25, 0.3) is 0 Å². The van der Waals surface area contributed by atoms with Gasteiger partial charge in [0, 0.05) is 31.3 Å². The molecule has 0 radical (unpaired) electrons. The molecule has 5 heteroatoms. The zero-order chi connectivity index (χ0) is 12.5. The molecule has 1 saturated heterocycles. The lowest BCUT2D eigenvalue weighted by Gasteiger charge is -2.24. The van der Waals surface area contributed by atoms with E-state index in [0.717, 1.165) is 25.3 Å². The first-order valence-corrected chi connectivity index (χ1v) is 6.67. The lowest BCUT2D eigenvalue weighted by atomic mass is 9.80. The third kappa shape index (κ3) is 2.19. The number of aromatic nitrogens is 2. The van der Waals surface area contributed by atoms with Crippen LogP contribution in [-0.2, 0) is 9.53 Å². The molecule has 3 atom stereocenters. The number of ketones is 1. The van der Waals surface area contributed by atoms with E-state index in [9.17, 15) is 4.79 Å². The Morgan fingerprint density at radius 3 is 2.94 bits per heavy atom. The molecule has 5 nitrogen and oxygen atoms in total. The van der Waals surface area contributed by atoms with Gasteiger partial charge < -0.3 is 9.26 Å². The van der Waals surface area contributed by atoms with E-state index in [1.54, 1.807) is 0 Å². The number of hydrogen-bond acceptors (Lipinski definition) is 5.